The Balaban J connectivity index is 1.35. The van der Waals surface area contributed by atoms with Gasteiger partial charge in [0.2, 0.25) is 0 Å². The van der Waals surface area contributed by atoms with Crippen molar-refractivity contribution in [3.8, 4) is 0 Å². The van der Waals surface area contributed by atoms with Crippen LogP contribution in [0.4, 0.5) is 0 Å². The van der Waals surface area contributed by atoms with Crippen LogP contribution in [-0.4, -0.2) is 35.1 Å². The van der Waals surface area contributed by atoms with Crippen molar-refractivity contribution in [1.29, 1.82) is 0 Å². The van der Waals surface area contributed by atoms with E-state index in [1.165, 1.54) is 63.4 Å². The molecule has 2 N–H and O–H groups in total. The van der Waals surface area contributed by atoms with E-state index >= 15 is 0 Å². The van der Waals surface area contributed by atoms with Gasteiger partial charge in [-0.15, -0.1) is 0 Å². The standard InChI is InChI=1S/C30H50O3/c1-5-22(6-2)9-8-18-33-21(3)25-13-14-26-24(10-7-15-29(25,26)4)12-11-23-19-27(31)30(16-17-30)28(32)20-23/h11-12,21-22,25-28,31-32H,5-10,13-20H2,1-4H3/b24-12+/t21-,25?,26?,27-,28-,29?/m1/s1. The van der Waals surface area contributed by atoms with Crippen LogP contribution in [0.25, 0.3) is 0 Å². The number of hydrogen-bond donors (Lipinski definition) is 2. The van der Waals surface area contributed by atoms with E-state index in [0.29, 0.717) is 23.4 Å². The summed E-state index contributed by atoms with van der Waals surface area (Å²) in [6.07, 6.45) is 19.2. The molecular weight excluding hydrogens is 408 g/mol. The first-order valence-electron chi connectivity index (χ1n) is 14.2. The lowest BCUT2D eigenvalue weighted by molar-refractivity contribution is -0.0269. The molecule has 3 heteroatoms. The van der Waals surface area contributed by atoms with Crippen molar-refractivity contribution in [3.63, 3.8) is 0 Å². The fourth-order valence-corrected chi connectivity index (χ4v) is 7.89. The van der Waals surface area contributed by atoms with Gasteiger partial charge in [-0.25, -0.2) is 0 Å². The average molecular weight is 459 g/mol. The summed E-state index contributed by atoms with van der Waals surface area (Å²) < 4.78 is 6.43. The number of hydrogen-bond acceptors (Lipinski definition) is 3. The van der Waals surface area contributed by atoms with Gasteiger partial charge in [-0.2, -0.15) is 0 Å². The summed E-state index contributed by atoms with van der Waals surface area (Å²) in [5.74, 6) is 2.18. The largest absolute Gasteiger partial charge is 0.392 e. The van der Waals surface area contributed by atoms with E-state index in [9.17, 15) is 10.2 Å². The third kappa shape index (κ3) is 5.16. The third-order valence-corrected chi connectivity index (χ3v) is 10.5. The quantitative estimate of drug-likeness (QED) is 0.367. The first kappa shape index (κ1) is 25.5. The zero-order chi connectivity index (χ0) is 23.6. The molecule has 3 unspecified atom stereocenters. The number of fused-ring (bicyclic) bond motifs is 1. The molecule has 0 aliphatic heterocycles. The fraction of sp³-hybridized carbons (Fsp3) is 0.867. The van der Waals surface area contributed by atoms with Gasteiger partial charge >= 0.3 is 0 Å². The monoisotopic (exact) mass is 458 g/mol. The molecule has 0 radical (unpaired) electrons. The molecule has 0 amide bonds. The van der Waals surface area contributed by atoms with Gasteiger partial charge < -0.3 is 14.9 Å². The highest BCUT2D eigenvalue weighted by Gasteiger charge is 2.56. The second-order valence-electron chi connectivity index (χ2n) is 12.2. The molecule has 0 heterocycles. The zero-order valence-corrected chi connectivity index (χ0v) is 21.8. The molecule has 0 saturated heterocycles. The van der Waals surface area contributed by atoms with Gasteiger partial charge in [-0.05, 0) is 101 Å². The molecule has 4 fully saturated rings. The number of allylic oxidation sites excluding steroid dienone is 3. The van der Waals surface area contributed by atoms with Crippen molar-refractivity contribution in [2.24, 2.45) is 28.6 Å². The average Bonchev–Trinajstić information content (AvgIpc) is 3.52. The summed E-state index contributed by atoms with van der Waals surface area (Å²) in [6.45, 7) is 10.4. The maximum Gasteiger partial charge on any atom is 0.0658 e. The van der Waals surface area contributed by atoms with Crippen LogP contribution < -0.4 is 0 Å². The summed E-state index contributed by atoms with van der Waals surface area (Å²) in [6, 6.07) is 0. The lowest BCUT2D eigenvalue weighted by Crippen LogP contribution is -2.39. The van der Waals surface area contributed by atoms with Crippen LogP contribution in [0.3, 0.4) is 0 Å². The van der Waals surface area contributed by atoms with Crippen molar-refractivity contribution in [1.82, 2.24) is 0 Å². The molecule has 0 bridgehead atoms. The molecule has 0 aromatic heterocycles. The molecule has 3 nitrogen and oxygen atoms in total. The van der Waals surface area contributed by atoms with Crippen LogP contribution in [0.5, 0.6) is 0 Å². The van der Waals surface area contributed by atoms with E-state index < -0.39 is 0 Å². The van der Waals surface area contributed by atoms with Crippen LogP contribution >= 0.6 is 0 Å². The molecule has 4 aliphatic carbocycles. The Morgan fingerprint density at radius 1 is 1.03 bits per heavy atom. The Bertz CT molecular complexity index is 700. The predicted molar refractivity (Wildman–Crippen MR) is 136 cm³/mol. The van der Waals surface area contributed by atoms with Gasteiger partial charge in [0.25, 0.3) is 0 Å². The lowest BCUT2D eigenvalue weighted by atomic mass is 9.62. The minimum absolute atomic E-state index is 0.170. The van der Waals surface area contributed by atoms with Crippen molar-refractivity contribution in [2.45, 2.75) is 129 Å². The Morgan fingerprint density at radius 3 is 2.36 bits per heavy atom. The summed E-state index contributed by atoms with van der Waals surface area (Å²) in [5, 5.41) is 21.2. The van der Waals surface area contributed by atoms with Gasteiger partial charge in [0.15, 0.2) is 0 Å². The van der Waals surface area contributed by atoms with Gasteiger partial charge in [0, 0.05) is 12.0 Å². The Hall–Kier alpha value is -0.640. The minimum atomic E-state index is -0.360. The van der Waals surface area contributed by atoms with E-state index in [-0.39, 0.29) is 17.6 Å². The van der Waals surface area contributed by atoms with Crippen LogP contribution in [0.1, 0.15) is 111 Å². The Morgan fingerprint density at radius 2 is 1.73 bits per heavy atom. The molecule has 0 aromatic rings. The summed E-state index contributed by atoms with van der Waals surface area (Å²) in [5.41, 5.74) is 3.02. The summed E-state index contributed by atoms with van der Waals surface area (Å²) >= 11 is 0. The van der Waals surface area contributed by atoms with E-state index in [2.05, 4.69) is 39.8 Å². The molecule has 4 aliphatic rings. The van der Waals surface area contributed by atoms with Crippen molar-refractivity contribution in [2.75, 3.05) is 6.61 Å². The molecule has 0 aromatic carbocycles. The van der Waals surface area contributed by atoms with E-state index in [4.69, 9.17) is 4.74 Å². The maximum atomic E-state index is 10.6. The lowest BCUT2D eigenvalue weighted by Gasteiger charge is -2.44. The maximum absolute atomic E-state index is 10.6. The number of rotatable bonds is 9. The summed E-state index contributed by atoms with van der Waals surface area (Å²) in [4.78, 5) is 0. The van der Waals surface area contributed by atoms with E-state index in [1.807, 2.05) is 0 Å². The normalized spacial score (nSPS) is 37.5. The second kappa shape index (κ2) is 10.5. The van der Waals surface area contributed by atoms with E-state index in [0.717, 1.165) is 38.2 Å². The first-order chi connectivity index (χ1) is 15.8. The molecule has 1 spiro atoms. The number of aliphatic hydroxyl groups excluding tert-OH is 2. The van der Waals surface area contributed by atoms with Gasteiger partial charge in [-0.1, -0.05) is 56.9 Å². The van der Waals surface area contributed by atoms with Gasteiger partial charge in [0.1, 0.15) is 0 Å². The SMILES string of the molecule is CCC(CC)CCCO[C@H](C)C1CCC2/C(=C/C=C3C[C@@H](O)C4(CC4)[C@H](O)C3)CCCC21C. The van der Waals surface area contributed by atoms with Crippen molar-refractivity contribution < 1.29 is 14.9 Å². The highest BCUT2D eigenvalue weighted by molar-refractivity contribution is 5.28. The molecule has 4 saturated carbocycles. The Kier molecular flexibility index (Phi) is 8.13. The van der Waals surface area contributed by atoms with Crippen LogP contribution in [0.2, 0.25) is 0 Å². The topological polar surface area (TPSA) is 49.7 Å². The van der Waals surface area contributed by atoms with Crippen LogP contribution in [0.15, 0.2) is 23.3 Å². The van der Waals surface area contributed by atoms with Crippen LogP contribution in [0, 0.1) is 28.6 Å². The highest BCUT2D eigenvalue weighted by atomic mass is 16.5. The minimum Gasteiger partial charge on any atom is -0.392 e. The Labute approximate surface area is 203 Å². The fourth-order valence-electron chi connectivity index (χ4n) is 7.89. The molecule has 33 heavy (non-hydrogen) atoms. The van der Waals surface area contributed by atoms with Gasteiger partial charge in [0.05, 0.1) is 18.3 Å². The third-order valence-electron chi connectivity index (χ3n) is 10.5. The molecule has 6 atom stereocenters. The highest BCUT2D eigenvalue weighted by Crippen LogP contribution is 2.59. The molecule has 4 rings (SSSR count). The van der Waals surface area contributed by atoms with Crippen molar-refractivity contribution >= 4 is 0 Å². The van der Waals surface area contributed by atoms with E-state index in [1.54, 1.807) is 5.57 Å². The predicted octanol–water partition coefficient (Wildman–Crippen LogP) is 6.97. The van der Waals surface area contributed by atoms with Crippen molar-refractivity contribution in [3.05, 3.63) is 23.3 Å². The molecular formula is C30H50O3. The van der Waals surface area contributed by atoms with Gasteiger partial charge in [-0.3, -0.25) is 0 Å². The number of aliphatic hydroxyl groups is 2. The van der Waals surface area contributed by atoms with Crippen LogP contribution in [-0.2, 0) is 4.74 Å². The second-order valence-corrected chi connectivity index (χ2v) is 12.2. The smallest absolute Gasteiger partial charge is 0.0658 e. The first-order valence-corrected chi connectivity index (χ1v) is 14.2. The molecule has 188 valence electrons. The number of ether oxygens (including phenoxy) is 1. The zero-order valence-electron chi connectivity index (χ0n) is 21.8. The summed E-state index contributed by atoms with van der Waals surface area (Å²) in [7, 11) is 0.